The minimum atomic E-state index is -0.818. The molecule has 0 radical (unpaired) electrons. The van der Waals surface area contributed by atoms with Crippen LogP contribution in [-0.2, 0) is 9.53 Å². The third-order valence-corrected chi connectivity index (χ3v) is 6.79. The number of carbonyl (C=O) groups is 2. The van der Waals surface area contributed by atoms with Gasteiger partial charge in [0.25, 0.3) is 0 Å². The summed E-state index contributed by atoms with van der Waals surface area (Å²) in [6.45, 7) is 2.15. The molecule has 6 heteroatoms. The molecule has 2 aliphatic rings. The van der Waals surface area contributed by atoms with Crippen LogP contribution < -0.4 is 4.90 Å². The third kappa shape index (κ3) is 3.97. The summed E-state index contributed by atoms with van der Waals surface area (Å²) >= 11 is 0. The highest BCUT2D eigenvalue weighted by molar-refractivity contribution is 5.88. The van der Waals surface area contributed by atoms with Crippen LogP contribution in [0.15, 0.2) is 66.9 Å². The average molecular weight is 443 g/mol. The first-order chi connectivity index (χ1) is 16.0. The third-order valence-electron chi connectivity index (χ3n) is 6.79. The van der Waals surface area contributed by atoms with E-state index in [2.05, 4.69) is 29.2 Å². The maximum Gasteiger partial charge on any atom is 0.415 e. The van der Waals surface area contributed by atoms with Gasteiger partial charge in [-0.3, -0.25) is 9.69 Å². The summed E-state index contributed by atoms with van der Waals surface area (Å²) in [5.74, 6) is -0.815. The molecule has 33 heavy (non-hydrogen) atoms. The number of pyridine rings is 1. The molecular formula is C27H26N2O4. The quantitative estimate of drug-likeness (QED) is 0.572. The van der Waals surface area contributed by atoms with E-state index in [1.165, 1.54) is 11.1 Å². The molecule has 1 aromatic heterocycles. The number of amides is 1. The number of aryl methyl sites for hydroxylation is 1. The first kappa shape index (κ1) is 21.2. The largest absolute Gasteiger partial charge is 0.481 e. The summed E-state index contributed by atoms with van der Waals surface area (Å²) in [6, 6.07) is 19.9. The molecule has 0 saturated heterocycles. The van der Waals surface area contributed by atoms with E-state index in [0.29, 0.717) is 25.1 Å². The van der Waals surface area contributed by atoms with Crippen molar-refractivity contribution in [2.24, 2.45) is 5.92 Å². The van der Waals surface area contributed by atoms with E-state index in [-0.39, 0.29) is 18.6 Å². The fraction of sp³-hybridized carbons (Fsp3) is 0.296. The van der Waals surface area contributed by atoms with Crippen LogP contribution in [0.3, 0.4) is 0 Å². The maximum atomic E-state index is 13.4. The van der Waals surface area contributed by atoms with Crippen molar-refractivity contribution >= 4 is 17.9 Å². The van der Waals surface area contributed by atoms with Crippen LogP contribution in [0, 0.1) is 12.8 Å². The van der Waals surface area contributed by atoms with E-state index in [0.717, 1.165) is 16.7 Å². The van der Waals surface area contributed by atoms with E-state index in [9.17, 15) is 14.7 Å². The molecule has 1 fully saturated rings. The van der Waals surface area contributed by atoms with Crippen molar-refractivity contribution in [3.63, 3.8) is 0 Å². The van der Waals surface area contributed by atoms with Crippen molar-refractivity contribution < 1.29 is 19.4 Å². The number of fused-ring (bicyclic) bond motifs is 3. The predicted molar refractivity (Wildman–Crippen MR) is 125 cm³/mol. The molecule has 3 aromatic rings. The molecule has 1 amide bonds. The van der Waals surface area contributed by atoms with Crippen molar-refractivity contribution in [1.82, 2.24) is 4.98 Å². The number of anilines is 1. The number of carboxylic acid groups (broad SMARTS) is 1. The Balaban J connectivity index is 1.39. The van der Waals surface area contributed by atoms with Gasteiger partial charge >= 0.3 is 12.1 Å². The second-order valence-electron chi connectivity index (χ2n) is 8.87. The van der Waals surface area contributed by atoms with Gasteiger partial charge < -0.3 is 9.84 Å². The van der Waals surface area contributed by atoms with E-state index in [4.69, 9.17) is 4.74 Å². The smallest absolute Gasteiger partial charge is 0.415 e. The zero-order valence-electron chi connectivity index (χ0n) is 18.5. The van der Waals surface area contributed by atoms with E-state index in [1.54, 1.807) is 17.2 Å². The van der Waals surface area contributed by atoms with E-state index in [1.807, 2.05) is 37.3 Å². The van der Waals surface area contributed by atoms with Gasteiger partial charge in [-0.15, -0.1) is 0 Å². The van der Waals surface area contributed by atoms with Crippen LogP contribution in [0.25, 0.3) is 11.1 Å². The van der Waals surface area contributed by atoms with Crippen LogP contribution in [0.1, 0.15) is 41.9 Å². The minimum Gasteiger partial charge on any atom is -0.481 e. The fourth-order valence-electron chi connectivity index (χ4n) is 5.11. The molecule has 1 N–H and O–H groups in total. The molecule has 0 unspecified atom stereocenters. The Morgan fingerprint density at radius 1 is 1.00 bits per heavy atom. The Labute approximate surface area is 192 Å². The Bertz CT molecular complexity index is 1150. The molecule has 1 saturated carbocycles. The summed E-state index contributed by atoms with van der Waals surface area (Å²) in [5.41, 5.74) is 5.63. The maximum absolute atomic E-state index is 13.4. The molecule has 0 aliphatic heterocycles. The lowest BCUT2D eigenvalue weighted by Crippen LogP contribution is -2.41. The fourth-order valence-corrected chi connectivity index (χ4v) is 5.11. The van der Waals surface area contributed by atoms with Crippen LogP contribution in [0.5, 0.6) is 0 Å². The molecule has 2 aliphatic carbocycles. The highest BCUT2D eigenvalue weighted by Gasteiger charge is 2.38. The van der Waals surface area contributed by atoms with Gasteiger partial charge in [0.05, 0.1) is 5.92 Å². The van der Waals surface area contributed by atoms with Gasteiger partial charge in [-0.25, -0.2) is 9.78 Å². The lowest BCUT2D eigenvalue weighted by Gasteiger charge is -2.28. The van der Waals surface area contributed by atoms with Gasteiger partial charge in [-0.1, -0.05) is 54.6 Å². The zero-order chi connectivity index (χ0) is 22.9. The number of rotatable bonds is 5. The van der Waals surface area contributed by atoms with Gasteiger partial charge in [0.2, 0.25) is 0 Å². The summed E-state index contributed by atoms with van der Waals surface area (Å²) in [7, 11) is 0. The Kier molecular flexibility index (Phi) is 5.58. The molecule has 2 atom stereocenters. The number of aromatic nitrogens is 1. The molecule has 0 spiro atoms. The van der Waals surface area contributed by atoms with Crippen molar-refractivity contribution in [2.45, 2.75) is 38.1 Å². The van der Waals surface area contributed by atoms with Crippen LogP contribution in [0.4, 0.5) is 10.6 Å². The van der Waals surface area contributed by atoms with Crippen molar-refractivity contribution in [3.8, 4) is 11.1 Å². The number of carbonyl (C=O) groups excluding carboxylic acids is 1. The summed E-state index contributed by atoms with van der Waals surface area (Å²) in [5, 5.41) is 9.44. The van der Waals surface area contributed by atoms with E-state index < -0.39 is 18.0 Å². The summed E-state index contributed by atoms with van der Waals surface area (Å²) < 4.78 is 5.89. The SMILES string of the molecule is Cc1ccc(N(C(=O)OCC2c3ccccc3-c3ccccc32)[C@@H]2CC[C@H](C(=O)O)C2)nc1. The number of hydrogen-bond acceptors (Lipinski definition) is 4. The first-order valence-corrected chi connectivity index (χ1v) is 11.3. The second kappa shape index (κ2) is 8.70. The number of benzene rings is 2. The highest BCUT2D eigenvalue weighted by Crippen LogP contribution is 2.44. The molecular weight excluding hydrogens is 416 g/mol. The Morgan fingerprint density at radius 3 is 2.24 bits per heavy atom. The van der Waals surface area contributed by atoms with Gasteiger partial charge in [0.15, 0.2) is 0 Å². The number of aliphatic carboxylic acids is 1. The van der Waals surface area contributed by atoms with Gasteiger partial charge in [-0.05, 0) is 60.1 Å². The summed E-state index contributed by atoms with van der Waals surface area (Å²) in [4.78, 5) is 30.9. The molecule has 5 rings (SSSR count). The number of nitrogens with zero attached hydrogens (tertiary/aromatic N) is 2. The lowest BCUT2D eigenvalue weighted by atomic mass is 9.98. The van der Waals surface area contributed by atoms with Gasteiger partial charge in [-0.2, -0.15) is 0 Å². The van der Waals surface area contributed by atoms with Crippen molar-refractivity contribution in [3.05, 3.63) is 83.6 Å². The second-order valence-corrected chi connectivity index (χ2v) is 8.87. The van der Waals surface area contributed by atoms with Crippen molar-refractivity contribution in [1.29, 1.82) is 0 Å². The van der Waals surface area contributed by atoms with E-state index >= 15 is 0 Å². The zero-order valence-corrected chi connectivity index (χ0v) is 18.5. The topological polar surface area (TPSA) is 79.7 Å². The average Bonchev–Trinajstić information content (AvgIpc) is 3.43. The van der Waals surface area contributed by atoms with Crippen molar-refractivity contribution in [2.75, 3.05) is 11.5 Å². The van der Waals surface area contributed by atoms with Crippen LogP contribution in [-0.4, -0.2) is 34.8 Å². The minimum absolute atomic E-state index is 0.0375. The molecule has 168 valence electrons. The lowest BCUT2D eigenvalue weighted by molar-refractivity contribution is -0.141. The Morgan fingerprint density at radius 2 is 1.67 bits per heavy atom. The van der Waals surface area contributed by atoms with Gasteiger partial charge in [0.1, 0.15) is 12.4 Å². The predicted octanol–water partition coefficient (Wildman–Crippen LogP) is 5.40. The van der Waals surface area contributed by atoms with Crippen LogP contribution in [0.2, 0.25) is 0 Å². The monoisotopic (exact) mass is 442 g/mol. The first-order valence-electron chi connectivity index (χ1n) is 11.3. The highest BCUT2D eigenvalue weighted by atomic mass is 16.6. The normalized spacial score (nSPS) is 19.1. The number of hydrogen-bond donors (Lipinski definition) is 1. The molecule has 6 nitrogen and oxygen atoms in total. The number of carboxylic acids is 1. The standard InChI is InChI=1S/C27H26N2O4/c1-17-10-13-25(28-15-17)29(19-12-11-18(14-19)26(30)31)27(32)33-16-24-22-8-4-2-6-20(22)21-7-3-5-9-23(21)24/h2-10,13,15,18-19,24H,11-12,14,16H2,1H3,(H,30,31)/t18-,19+/m0/s1. The Hall–Kier alpha value is -3.67. The molecule has 1 heterocycles. The van der Waals surface area contributed by atoms with Crippen LogP contribution >= 0.6 is 0 Å². The number of ether oxygens (including phenoxy) is 1. The van der Waals surface area contributed by atoms with Gasteiger partial charge in [0, 0.05) is 18.2 Å². The molecule has 0 bridgehead atoms. The summed E-state index contributed by atoms with van der Waals surface area (Å²) in [6.07, 6.45) is 2.78. The molecule has 2 aromatic carbocycles.